The smallest absolute Gasteiger partial charge is 0.292 e. The Labute approximate surface area is 160 Å². The number of nitrogens with zero attached hydrogens (tertiary/aromatic N) is 2. The molecule has 0 saturated heterocycles. The Bertz CT molecular complexity index is 1030. The molecule has 27 heavy (non-hydrogen) atoms. The van der Waals surface area contributed by atoms with Gasteiger partial charge in [-0.1, -0.05) is 23.7 Å². The molecular formula is C19H17ClN4O3. The van der Waals surface area contributed by atoms with Crippen LogP contribution in [0.5, 0.6) is 5.75 Å². The summed E-state index contributed by atoms with van der Waals surface area (Å²) < 4.78 is 6.66. The number of aromatic nitrogens is 2. The molecule has 0 fully saturated rings. The van der Waals surface area contributed by atoms with Gasteiger partial charge in [0.25, 0.3) is 11.8 Å². The Morgan fingerprint density at radius 3 is 2.81 bits per heavy atom. The second-order valence-electron chi connectivity index (χ2n) is 5.54. The van der Waals surface area contributed by atoms with Crippen LogP contribution < -0.4 is 15.4 Å². The number of nitrogens with one attached hydrogen (secondary N) is 2. The molecule has 138 valence electrons. The molecule has 0 atom stereocenters. The maximum Gasteiger partial charge on any atom is 0.292 e. The highest BCUT2D eigenvalue weighted by Crippen LogP contribution is 2.27. The number of rotatable bonds is 6. The maximum absolute atomic E-state index is 12.7. The van der Waals surface area contributed by atoms with Gasteiger partial charge >= 0.3 is 0 Å². The number of pyridine rings is 1. The van der Waals surface area contributed by atoms with Crippen LogP contribution in [0, 0.1) is 0 Å². The first-order valence-corrected chi connectivity index (χ1v) is 8.44. The zero-order valence-corrected chi connectivity index (χ0v) is 15.3. The van der Waals surface area contributed by atoms with Crippen molar-refractivity contribution in [3.8, 4) is 5.75 Å². The van der Waals surface area contributed by atoms with E-state index in [1.807, 2.05) is 0 Å². The number of hydrogen-bond acceptors (Lipinski definition) is 4. The fourth-order valence-electron chi connectivity index (χ4n) is 2.54. The molecule has 2 aromatic heterocycles. The minimum Gasteiger partial charge on any atom is -0.495 e. The van der Waals surface area contributed by atoms with E-state index in [9.17, 15) is 9.59 Å². The molecule has 0 unspecified atom stereocenters. The van der Waals surface area contributed by atoms with E-state index < -0.39 is 5.91 Å². The van der Waals surface area contributed by atoms with Crippen molar-refractivity contribution in [2.75, 3.05) is 19.0 Å². The van der Waals surface area contributed by atoms with Crippen molar-refractivity contribution in [2.45, 2.75) is 0 Å². The topological polar surface area (TPSA) is 84.7 Å². The van der Waals surface area contributed by atoms with Gasteiger partial charge in [0, 0.05) is 18.4 Å². The molecule has 3 rings (SSSR count). The van der Waals surface area contributed by atoms with Gasteiger partial charge < -0.3 is 15.4 Å². The van der Waals surface area contributed by atoms with Crippen LogP contribution in [-0.2, 0) is 0 Å². The Kier molecular flexibility index (Phi) is 5.42. The Balaban J connectivity index is 1.94. The molecule has 2 amide bonds. The van der Waals surface area contributed by atoms with Gasteiger partial charge in [-0.2, -0.15) is 0 Å². The summed E-state index contributed by atoms with van der Waals surface area (Å²) in [6.45, 7) is 3.87. The van der Waals surface area contributed by atoms with Crippen molar-refractivity contribution in [3.63, 3.8) is 0 Å². The van der Waals surface area contributed by atoms with Gasteiger partial charge in [-0.05, 0) is 30.3 Å². The summed E-state index contributed by atoms with van der Waals surface area (Å²) in [5.41, 5.74) is 1.17. The Morgan fingerprint density at radius 2 is 2.11 bits per heavy atom. The normalized spacial score (nSPS) is 10.4. The average Bonchev–Trinajstić information content (AvgIpc) is 3.06. The van der Waals surface area contributed by atoms with E-state index in [4.69, 9.17) is 16.3 Å². The number of benzene rings is 1. The van der Waals surface area contributed by atoms with Crippen LogP contribution in [0.15, 0.2) is 55.3 Å². The molecular weight excluding hydrogens is 368 g/mol. The van der Waals surface area contributed by atoms with E-state index in [1.165, 1.54) is 7.11 Å². The van der Waals surface area contributed by atoms with Crippen LogP contribution in [0.4, 0.5) is 5.69 Å². The summed E-state index contributed by atoms with van der Waals surface area (Å²) in [4.78, 5) is 29.3. The number of hydrogen-bond donors (Lipinski definition) is 2. The monoisotopic (exact) mass is 384 g/mol. The molecule has 2 heterocycles. The van der Waals surface area contributed by atoms with Crippen molar-refractivity contribution < 1.29 is 14.3 Å². The fourth-order valence-corrected chi connectivity index (χ4v) is 2.80. The summed E-state index contributed by atoms with van der Waals surface area (Å²) in [6, 6.07) is 10.1. The molecule has 1 aromatic carbocycles. The lowest BCUT2D eigenvalue weighted by Crippen LogP contribution is -2.24. The molecule has 0 saturated carbocycles. The van der Waals surface area contributed by atoms with Crippen LogP contribution >= 0.6 is 11.6 Å². The number of halogens is 1. The lowest BCUT2D eigenvalue weighted by atomic mass is 10.3. The standard InChI is InChI=1S/C19H17ClN4O3/c1-3-9-21-18(25)16-14-6-4-5-10-24(14)17(23-16)19(26)22-12-7-8-15(27-2)13(20)11-12/h3-8,10-11H,1,9H2,2H3,(H,21,25)(H,22,26). The first-order valence-electron chi connectivity index (χ1n) is 8.06. The van der Waals surface area contributed by atoms with Crippen molar-refractivity contribution >= 4 is 34.6 Å². The minimum atomic E-state index is -0.472. The number of carbonyl (C=O) groups excluding carboxylic acids is 2. The summed E-state index contributed by atoms with van der Waals surface area (Å²) in [5, 5.41) is 5.76. The Morgan fingerprint density at radius 1 is 1.30 bits per heavy atom. The average molecular weight is 385 g/mol. The molecule has 0 aliphatic heterocycles. The van der Waals surface area contributed by atoms with E-state index in [2.05, 4.69) is 22.2 Å². The number of methoxy groups -OCH3 is 1. The quantitative estimate of drug-likeness (QED) is 0.639. The highest BCUT2D eigenvalue weighted by Gasteiger charge is 2.21. The van der Waals surface area contributed by atoms with Crippen LogP contribution in [0.3, 0.4) is 0 Å². The summed E-state index contributed by atoms with van der Waals surface area (Å²) in [5.74, 6) is -0.270. The lowest BCUT2D eigenvalue weighted by molar-refractivity contribution is 0.0955. The lowest BCUT2D eigenvalue weighted by Gasteiger charge is -2.07. The van der Waals surface area contributed by atoms with Gasteiger partial charge in [0.15, 0.2) is 5.69 Å². The molecule has 3 aromatic rings. The van der Waals surface area contributed by atoms with Crippen LogP contribution in [0.1, 0.15) is 21.1 Å². The molecule has 0 spiro atoms. The van der Waals surface area contributed by atoms with Crippen molar-refractivity contribution in [2.24, 2.45) is 0 Å². The van der Waals surface area contributed by atoms with Crippen LogP contribution in [0.2, 0.25) is 5.02 Å². The number of anilines is 1. The summed E-state index contributed by atoms with van der Waals surface area (Å²) >= 11 is 6.09. The molecule has 0 aliphatic rings. The second-order valence-corrected chi connectivity index (χ2v) is 5.95. The Hall–Kier alpha value is -3.32. The SMILES string of the molecule is C=CCNC(=O)c1nc(C(=O)Nc2ccc(OC)c(Cl)c2)n2ccccc12. The first kappa shape index (κ1) is 18.5. The number of imidazole rings is 1. The van der Waals surface area contributed by atoms with Gasteiger partial charge in [-0.3, -0.25) is 14.0 Å². The third-order valence-corrected chi connectivity index (χ3v) is 4.08. The van der Waals surface area contributed by atoms with E-state index in [0.717, 1.165) is 0 Å². The molecule has 0 radical (unpaired) electrons. The number of fused-ring (bicyclic) bond motifs is 1. The van der Waals surface area contributed by atoms with Crippen molar-refractivity contribution in [3.05, 3.63) is 71.8 Å². The van der Waals surface area contributed by atoms with Gasteiger partial charge in [0.1, 0.15) is 5.75 Å². The van der Waals surface area contributed by atoms with E-state index in [1.54, 1.807) is 53.1 Å². The van der Waals surface area contributed by atoms with Crippen LogP contribution in [0.25, 0.3) is 5.52 Å². The third-order valence-electron chi connectivity index (χ3n) is 3.78. The summed E-state index contributed by atoms with van der Waals surface area (Å²) in [6.07, 6.45) is 3.24. The molecule has 0 bridgehead atoms. The number of carbonyl (C=O) groups is 2. The van der Waals surface area contributed by atoms with E-state index in [0.29, 0.717) is 28.5 Å². The molecule has 0 aliphatic carbocycles. The van der Waals surface area contributed by atoms with E-state index >= 15 is 0 Å². The van der Waals surface area contributed by atoms with Gasteiger partial charge in [0.2, 0.25) is 5.82 Å². The molecule has 7 nitrogen and oxygen atoms in total. The third kappa shape index (κ3) is 3.78. The van der Waals surface area contributed by atoms with Gasteiger partial charge in [0.05, 0.1) is 17.6 Å². The summed E-state index contributed by atoms with van der Waals surface area (Å²) in [7, 11) is 1.51. The van der Waals surface area contributed by atoms with Crippen molar-refractivity contribution in [1.82, 2.24) is 14.7 Å². The highest BCUT2D eigenvalue weighted by atomic mass is 35.5. The van der Waals surface area contributed by atoms with Crippen molar-refractivity contribution in [1.29, 1.82) is 0 Å². The minimum absolute atomic E-state index is 0.0845. The van der Waals surface area contributed by atoms with E-state index in [-0.39, 0.29) is 17.4 Å². The second kappa shape index (κ2) is 7.92. The predicted molar refractivity (Wildman–Crippen MR) is 104 cm³/mol. The highest BCUT2D eigenvalue weighted by molar-refractivity contribution is 6.32. The predicted octanol–water partition coefficient (Wildman–Crippen LogP) is 3.16. The largest absolute Gasteiger partial charge is 0.495 e. The number of amides is 2. The fraction of sp³-hybridized carbons (Fsp3) is 0.105. The zero-order valence-electron chi connectivity index (χ0n) is 14.5. The van der Waals surface area contributed by atoms with Crippen LogP contribution in [-0.4, -0.2) is 34.9 Å². The molecule has 8 heteroatoms. The zero-order chi connectivity index (χ0) is 19.4. The first-order chi connectivity index (χ1) is 13.0. The maximum atomic E-state index is 12.7. The van der Waals surface area contributed by atoms with Gasteiger partial charge in [-0.15, -0.1) is 6.58 Å². The number of ether oxygens (including phenoxy) is 1. The molecule has 2 N–H and O–H groups in total. The van der Waals surface area contributed by atoms with Gasteiger partial charge in [-0.25, -0.2) is 4.98 Å².